The highest BCUT2D eigenvalue weighted by Crippen LogP contribution is 2.24. The number of nitrogens with zero attached hydrogens (tertiary/aromatic N) is 1. The Morgan fingerprint density at radius 3 is 2.59 bits per heavy atom. The lowest BCUT2D eigenvalue weighted by Gasteiger charge is -2.25. The lowest BCUT2D eigenvalue weighted by Crippen LogP contribution is -2.34. The van der Waals surface area contributed by atoms with Crippen molar-refractivity contribution >= 4 is 11.7 Å². The maximum absolute atomic E-state index is 12.1. The van der Waals surface area contributed by atoms with E-state index in [-0.39, 0.29) is 17.2 Å². The molecule has 0 unspecified atom stereocenters. The Hall–Kier alpha value is -2.30. The van der Waals surface area contributed by atoms with Gasteiger partial charge in [0.25, 0.3) is 0 Å². The fourth-order valence-electron chi connectivity index (χ4n) is 2.43. The molecule has 22 heavy (non-hydrogen) atoms. The van der Waals surface area contributed by atoms with Crippen molar-refractivity contribution in [2.24, 2.45) is 0 Å². The van der Waals surface area contributed by atoms with E-state index in [1.165, 1.54) is 24.3 Å². The van der Waals surface area contributed by atoms with Gasteiger partial charge in [-0.15, -0.1) is 0 Å². The van der Waals surface area contributed by atoms with Crippen molar-refractivity contribution in [1.82, 2.24) is 4.90 Å². The van der Waals surface area contributed by atoms with Gasteiger partial charge in [-0.3, -0.25) is 9.59 Å². The Morgan fingerprint density at radius 2 is 1.95 bits per heavy atom. The molecule has 1 aromatic rings. The minimum Gasteiger partial charge on any atom is -0.507 e. The van der Waals surface area contributed by atoms with Gasteiger partial charge in [-0.1, -0.05) is 0 Å². The van der Waals surface area contributed by atoms with Crippen LogP contribution in [0.2, 0.25) is 0 Å². The van der Waals surface area contributed by atoms with Crippen LogP contribution in [0.4, 0.5) is 0 Å². The third kappa shape index (κ3) is 4.10. The van der Waals surface area contributed by atoms with Gasteiger partial charge >= 0.3 is 0 Å². The van der Waals surface area contributed by atoms with Crippen LogP contribution in [0, 0.1) is 0 Å². The highest BCUT2D eigenvalue weighted by Gasteiger charge is 2.15. The largest absolute Gasteiger partial charge is 0.507 e. The second-order valence-corrected chi connectivity index (χ2v) is 5.20. The summed E-state index contributed by atoms with van der Waals surface area (Å²) in [5, 5.41) is 9.87. The van der Waals surface area contributed by atoms with Gasteiger partial charge in [-0.2, -0.15) is 0 Å². The molecule has 1 heterocycles. The van der Waals surface area contributed by atoms with Gasteiger partial charge in [0.1, 0.15) is 11.5 Å². The number of carbonyl (C=O) groups excluding carboxylic acids is 2. The summed E-state index contributed by atoms with van der Waals surface area (Å²) in [6.07, 6.45) is 5.66. The maximum Gasteiger partial charge on any atom is 0.246 e. The van der Waals surface area contributed by atoms with Crippen molar-refractivity contribution in [2.45, 2.75) is 26.2 Å². The molecule has 1 aromatic carbocycles. The van der Waals surface area contributed by atoms with Crippen LogP contribution in [0.5, 0.6) is 11.5 Å². The first kappa shape index (κ1) is 16.1. The van der Waals surface area contributed by atoms with Crippen LogP contribution in [0.15, 0.2) is 30.4 Å². The summed E-state index contributed by atoms with van der Waals surface area (Å²) in [5.41, 5.74) is 0.158. The Bertz CT molecular complexity index is 574. The predicted octanol–water partition coefficient (Wildman–Crippen LogP) is 2.54. The zero-order valence-electron chi connectivity index (χ0n) is 12.7. The molecule has 0 radical (unpaired) electrons. The zero-order chi connectivity index (χ0) is 15.9. The summed E-state index contributed by atoms with van der Waals surface area (Å²) in [4.78, 5) is 25.8. The van der Waals surface area contributed by atoms with Crippen molar-refractivity contribution in [2.75, 3.05) is 19.7 Å². The van der Waals surface area contributed by atoms with Gasteiger partial charge < -0.3 is 14.7 Å². The van der Waals surface area contributed by atoms with Crippen LogP contribution in [0.25, 0.3) is 0 Å². The molecule has 0 bridgehead atoms. The van der Waals surface area contributed by atoms with E-state index in [9.17, 15) is 14.7 Å². The van der Waals surface area contributed by atoms with Gasteiger partial charge in [-0.25, -0.2) is 0 Å². The van der Waals surface area contributed by atoms with Gasteiger partial charge in [0.05, 0.1) is 12.2 Å². The Labute approximate surface area is 130 Å². The molecule has 1 aliphatic rings. The first-order valence-corrected chi connectivity index (χ1v) is 7.59. The lowest BCUT2D eigenvalue weighted by molar-refractivity contribution is -0.126. The number of carbonyl (C=O) groups is 2. The normalized spacial score (nSPS) is 15.0. The van der Waals surface area contributed by atoms with Crippen molar-refractivity contribution in [3.8, 4) is 11.5 Å². The summed E-state index contributed by atoms with van der Waals surface area (Å²) >= 11 is 0. The van der Waals surface area contributed by atoms with E-state index in [1.807, 2.05) is 6.92 Å². The Morgan fingerprint density at radius 1 is 1.23 bits per heavy atom. The number of amides is 1. The molecular weight excluding hydrogens is 282 g/mol. The fourth-order valence-corrected chi connectivity index (χ4v) is 2.43. The van der Waals surface area contributed by atoms with E-state index in [2.05, 4.69) is 0 Å². The van der Waals surface area contributed by atoms with E-state index < -0.39 is 5.78 Å². The average Bonchev–Trinajstić information content (AvgIpc) is 2.53. The van der Waals surface area contributed by atoms with Gasteiger partial charge in [0.15, 0.2) is 5.78 Å². The average molecular weight is 303 g/mol. The fraction of sp³-hybridized carbons (Fsp3) is 0.412. The quantitative estimate of drug-likeness (QED) is 0.670. The molecule has 1 saturated heterocycles. The smallest absolute Gasteiger partial charge is 0.246 e. The minimum atomic E-state index is -0.397. The molecule has 0 spiro atoms. The number of aromatic hydroxyl groups is 1. The van der Waals surface area contributed by atoms with E-state index in [0.717, 1.165) is 32.4 Å². The topological polar surface area (TPSA) is 66.8 Å². The second kappa shape index (κ2) is 7.64. The van der Waals surface area contributed by atoms with Gasteiger partial charge in [0.2, 0.25) is 5.91 Å². The van der Waals surface area contributed by atoms with Crippen molar-refractivity contribution in [1.29, 1.82) is 0 Å². The number of ether oxygens (including phenoxy) is 1. The summed E-state index contributed by atoms with van der Waals surface area (Å²) in [5.74, 6) is -0.194. The number of rotatable bonds is 5. The predicted molar refractivity (Wildman–Crippen MR) is 83.2 cm³/mol. The summed E-state index contributed by atoms with van der Waals surface area (Å²) in [6, 6.07) is 4.52. The number of phenolic OH excluding ortho intramolecular Hbond substituents is 1. The molecule has 0 aromatic heterocycles. The molecule has 0 saturated carbocycles. The molecule has 0 aliphatic carbocycles. The van der Waals surface area contributed by atoms with Crippen LogP contribution in [-0.2, 0) is 4.79 Å². The van der Waals surface area contributed by atoms with Crippen LogP contribution in [0.3, 0.4) is 0 Å². The molecule has 1 aliphatic heterocycles. The van der Waals surface area contributed by atoms with Crippen LogP contribution in [0.1, 0.15) is 36.5 Å². The maximum atomic E-state index is 12.1. The van der Waals surface area contributed by atoms with Crippen molar-refractivity contribution < 1.29 is 19.4 Å². The van der Waals surface area contributed by atoms with Crippen molar-refractivity contribution in [3.05, 3.63) is 35.9 Å². The third-order valence-corrected chi connectivity index (χ3v) is 3.59. The van der Waals surface area contributed by atoms with E-state index in [0.29, 0.717) is 12.4 Å². The Balaban J connectivity index is 2.01. The molecule has 5 nitrogen and oxygen atoms in total. The SMILES string of the molecule is CCOc1ccc(C(=O)C=CC(=O)N2CCCCC2)c(O)c1. The van der Waals surface area contributed by atoms with Crippen LogP contribution in [-0.4, -0.2) is 41.4 Å². The lowest BCUT2D eigenvalue weighted by atomic mass is 10.1. The number of ketones is 1. The number of likely N-dealkylation sites (tertiary alicyclic amines) is 1. The van der Waals surface area contributed by atoms with E-state index >= 15 is 0 Å². The monoisotopic (exact) mass is 303 g/mol. The first-order valence-electron chi connectivity index (χ1n) is 7.59. The van der Waals surface area contributed by atoms with E-state index in [4.69, 9.17) is 4.74 Å². The van der Waals surface area contributed by atoms with Gasteiger partial charge in [0, 0.05) is 25.2 Å². The van der Waals surface area contributed by atoms with Gasteiger partial charge in [-0.05, 0) is 44.4 Å². The van der Waals surface area contributed by atoms with E-state index in [1.54, 1.807) is 11.0 Å². The standard InChI is InChI=1S/C17H21NO4/c1-2-22-13-6-7-14(16(20)12-13)15(19)8-9-17(21)18-10-4-3-5-11-18/h6-9,12,20H,2-5,10-11H2,1H3. The second-order valence-electron chi connectivity index (χ2n) is 5.20. The highest BCUT2D eigenvalue weighted by atomic mass is 16.5. The molecule has 2 rings (SSSR count). The first-order chi connectivity index (χ1) is 10.6. The number of hydrogen-bond donors (Lipinski definition) is 1. The molecule has 0 atom stereocenters. The third-order valence-electron chi connectivity index (χ3n) is 3.59. The van der Waals surface area contributed by atoms with Crippen LogP contribution < -0.4 is 4.74 Å². The highest BCUT2D eigenvalue weighted by molar-refractivity contribution is 6.09. The number of hydrogen-bond acceptors (Lipinski definition) is 4. The Kier molecular flexibility index (Phi) is 5.58. The zero-order valence-corrected chi connectivity index (χ0v) is 12.7. The summed E-state index contributed by atoms with van der Waals surface area (Å²) in [7, 11) is 0. The number of benzene rings is 1. The summed E-state index contributed by atoms with van der Waals surface area (Å²) in [6.45, 7) is 3.80. The number of piperidine rings is 1. The summed E-state index contributed by atoms with van der Waals surface area (Å²) < 4.78 is 5.25. The molecule has 1 N–H and O–H groups in total. The molecule has 5 heteroatoms. The molecule has 1 fully saturated rings. The minimum absolute atomic E-state index is 0.147. The number of phenols is 1. The number of allylic oxidation sites excluding steroid dienone is 1. The van der Waals surface area contributed by atoms with Crippen molar-refractivity contribution in [3.63, 3.8) is 0 Å². The molecule has 118 valence electrons. The molecular formula is C17H21NO4. The molecule has 1 amide bonds. The van der Waals surface area contributed by atoms with Crippen LogP contribution >= 0.6 is 0 Å².